The second kappa shape index (κ2) is 5.16. The molecule has 17 heavy (non-hydrogen) atoms. The van der Waals surface area contributed by atoms with E-state index in [4.69, 9.17) is 11.6 Å². The number of aryl methyl sites for hydroxylation is 1. The maximum atomic E-state index is 11.8. The zero-order valence-electron chi connectivity index (χ0n) is 8.83. The van der Waals surface area contributed by atoms with Crippen molar-refractivity contribution in [3.63, 3.8) is 0 Å². The van der Waals surface area contributed by atoms with E-state index in [9.17, 15) is 4.79 Å². The average Bonchev–Trinajstić information content (AvgIpc) is 2.70. The first-order valence-electron chi connectivity index (χ1n) is 4.76. The van der Waals surface area contributed by atoms with Gasteiger partial charge in [-0.2, -0.15) is 0 Å². The summed E-state index contributed by atoms with van der Waals surface area (Å²) in [7, 11) is 0. The number of halogens is 2. The number of rotatable bonds is 2. The number of aromatic nitrogens is 1. The number of carbonyl (C=O) groups excluding carboxylic acids is 1. The SMILES string of the molecule is Cc1nc(NC(=O)c2ccc(Cl)s2)ccc1Br. The number of hydrogen-bond acceptors (Lipinski definition) is 3. The minimum atomic E-state index is -0.198. The van der Waals surface area contributed by atoms with Crippen LogP contribution in [-0.2, 0) is 0 Å². The monoisotopic (exact) mass is 330 g/mol. The lowest BCUT2D eigenvalue weighted by molar-refractivity contribution is 0.103. The summed E-state index contributed by atoms with van der Waals surface area (Å²) in [5.74, 6) is 0.330. The molecular weight excluding hydrogens is 324 g/mol. The number of nitrogens with one attached hydrogen (secondary N) is 1. The summed E-state index contributed by atoms with van der Waals surface area (Å²) in [6.45, 7) is 1.86. The highest BCUT2D eigenvalue weighted by Gasteiger charge is 2.09. The fraction of sp³-hybridized carbons (Fsp3) is 0.0909. The third-order valence-corrected chi connectivity index (χ3v) is 4.13. The number of amides is 1. The second-order valence-electron chi connectivity index (χ2n) is 3.32. The van der Waals surface area contributed by atoms with E-state index in [0.29, 0.717) is 15.0 Å². The van der Waals surface area contributed by atoms with E-state index >= 15 is 0 Å². The number of hydrogen-bond donors (Lipinski definition) is 1. The molecule has 6 heteroatoms. The van der Waals surface area contributed by atoms with Crippen LogP contribution in [0.25, 0.3) is 0 Å². The molecule has 0 aliphatic rings. The molecule has 0 unspecified atom stereocenters. The third kappa shape index (κ3) is 3.06. The molecule has 0 aromatic carbocycles. The topological polar surface area (TPSA) is 42.0 Å². The molecular formula is C11H8BrClN2OS. The molecule has 2 rings (SSSR count). The van der Waals surface area contributed by atoms with Gasteiger partial charge in [0, 0.05) is 4.47 Å². The third-order valence-electron chi connectivity index (χ3n) is 2.06. The Kier molecular flexibility index (Phi) is 3.81. The van der Waals surface area contributed by atoms with Crippen LogP contribution < -0.4 is 5.32 Å². The van der Waals surface area contributed by atoms with Crippen LogP contribution in [0, 0.1) is 6.92 Å². The Morgan fingerprint density at radius 1 is 1.41 bits per heavy atom. The van der Waals surface area contributed by atoms with E-state index in [1.54, 1.807) is 18.2 Å². The Morgan fingerprint density at radius 3 is 2.76 bits per heavy atom. The molecule has 0 aliphatic carbocycles. The smallest absolute Gasteiger partial charge is 0.266 e. The number of pyridine rings is 1. The minimum absolute atomic E-state index is 0.198. The van der Waals surface area contributed by atoms with Gasteiger partial charge in [0.15, 0.2) is 0 Å². The van der Waals surface area contributed by atoms with E-state index < -0.39 is 0 Å². The van der Waals surface area contributed by atoms with E-state index in [2.05, 4.69) is 26.2 Å². The van der Waals surface area contributed by atoms with E-state index in [0.717, 1.165) is 10.2 Å². The predicted molar refractivity (Wildman–Crippen MR) is 74.0 cm³/mol. The maximum Gasteiger partial charge on any atom is 0.266 e. The molecule has 0 fully saturated rings. The Hall–Kier alpha value is -0.910. The molecule has 2 aromatic rings. The van der Waals surface area contributed by atoms with Gasteiger partial charge in [-0.15, -0.1) is 11.3 Å². The van der Waals surface area contributed by atoms with Crippen molar-refractivity contribution in [3.8, 4) is 0 Å². The van der Waals surface area contributed by atoms with Crippen LogP contribution >= 0.6 is 38.9 Å². The number of anilines is 1. The van der Waals surface area contributed by atoms with Crippen LogP contribution in [0.1, 0.15) is 15.4 Å². The molecule has 0 radical (unpaired) electrons. The highest BCUT2D eigenvalue weighted by atomic mass is 79.9. The van der Waals surface area contributed by atoms with Gasteiger partial charge in [0.1, 0.15) is 5.82 Å². The van der Waals surface area contributed by atoms with Crippen LogP contribution in [0.3, 0.4) is 0 Å². The first-order valence-corrected chi connectivity index (χ1v) is 6.75. The quantitative estimate of drug-likeness (QED) is 0.899. The van der Waals surface area contributed by atoms with Crippen molar-refractivity contribution in [2.45, 2.75) is 6.92 Å². The molecule has 0 spiro atoms. The predicted octanol–water partition coefficient (Wildman–Crippen LogP) is 4.12. The Balaban J connectivity index is 2.15. The van der Waals surface area contributed by atoms with Crippen molar-refractivity contribution in [1.82, 2.24) is 4.98 Å². The lowest BCUT2D eigenvalue weighted by atomic mass is 10.3. The minimum Gasteiger partial charge on any atom is -0.306 e. The number of nitrogens with zero attached hydrogens (tertiary/aromatic N) is 1. The van der Waals surface area contributed by atoms with Crippen molar-refractivity contribution in [1.29, 1.82) is 0 Å². The lowest BCUT2D eigenvalue weighted by Gasteiger charge is -2.04. The molecule has 0 saturated carbocycles. The average molecular weight is 332 g/mol. The summed E-state index contributed by atoms with van der Waals surface area (Å²) < 4.78 is 1.50. The second-order valence-corrected chi connectivity index (χ2v) is 5.89. The Bertz CT molecular complexity index is 570. The molecule has 3 nitrogen and oxygen atoms in total. The van der Waals surface area contributed by atoms with Crippen LogP contribution in [0.4, 0.5) is 5.82 Å². The largest absolute Gasteiger partial charge is 0.306 e. The van der Waals surface area contributed by atoms with Gasteiger partial charge < -0.3 is 5.32 Å². The van der Waals surface area contributed by atoms with Crippen molar-refractivity contribution >= 4 is 50.6 Å². The Morgan fingerprint density at radius 2 is 2.18 bits per heavy atom. The highest BCUT2D eigenvalue weighted by Crippen LogP contribution is 2.22. The van der Waals surface area contributed by atoms with Gasteiger partial charge in [0.2, 0.25) is 0 Å². The van der Waals surface area contributed by atoms with Gasteiger partial charge in [-0.1, -0.05) is 11.6 Å². The summed E-state index contributed by atoms with van der Waals surface area (Å²) in [5.41, 5.74) is 0.826. The van der Waals surface area contributed by atoms with Gasteiger partial charge in [-0.05, 0) is 47.1 Å². The van der Waals surface area contributed by atoms with Crippen LogP contribution in [-0.4, -0.2) is 10.9 Å². The first kappa shape index (κ1) is 12.5. The van der Waals surface area contributed by atoms with Gasteiger partial charge in [-0.25, -0.2) is 4.98 Å². The summed E-state index contributed by atoms with van der Waals surface area (Å²) in [5, 5.41) is 2.72. The number of thiophene rings is 1. The van der Waals surface area contributed by atoms with Crippen molar-refractivity contribution in [3.05, 3.63) is 43.6 Å². The fourth-order valence-corrected chi connectivity index (χ4v) is 2.39. The summed E-state index contributed by atoms with van der Waals surface area (Å²) in [6.07, 6.45) is 0. The number of carbonyl (C=O) groups is 1. The van der Waals surface area contributed by atoms with Crippen molar-refractivity contribution < 1.29 is 4.79 Å². The highest BCUT2D eigenvalue weighted by molar-refractivity contribution is 9.10. The van der Waals surface area contributed by atoms with Crippen LogP contribution in [0.2, 0.25) is 4.34 Å². The summed E-state index contributed by atoms with van der Waals surface area (Å²) in [6, 6.07) is 6.97. The van der Waals surface area contributed by atoms with Gasteiger partial charge in [0.05, 0.1) is 14.9 Å². The van der Waals surface area contributed by atoms with E-state index in [1.165, 1.54) is 11.3 Å². The zero-order chi connectivity index (χ0) is 12.4. The van der Waals surface area contributed by atoms with Crippen LogP contribution in [0.5, 0.6) is 0 Å². The first-order chi connectivity index (χ1) is 8.06. The molecule has 1 N–H and O–H groups in total. The molecule has 2 aromatic heterocycles. The van der Waals surface area contributed by atoms with Crippen molar-refractivity contribution in [2.75, 3.05) is 5.32 Å². The Labute approximate surface area is 116 Å². The molecule has 0 aliphatic heterocycles. The van der Waals surface area contributed by atoms with E-state index in [-0.39, 0.29) is 5.91 Å². The summed E-state index contributed by atoms with van der Waals surface area (Å²) in [4.78, 5) is 16.6. The van der Waals surface area contributed by atoms with Gasteiger partial charge in [-0.3, -0.25) is 4.79 Å². The fourth-order valence-electron chi connectivity index (χ4n) is 1.23. The molecule has 0 saturated heterocycles. The van der Waals surface area contributed by atoms with Crippen LogP contribution in [0.15, 0.2) is 28.7 Å². The maximum absolute atomic E-state index is 11.8. The van der Waals surface area contributed by atoms with Crippen molar-refractivity contribution in [2.24, 2.45) is 0 Å². The molecule has 0 atom stereocenters. The standard InChI is InChI=1S/C11H8BrClN2OS/c1-6-7(12)2-5-10(14-6)15-11(16)8-3-4-9(13)17-8/h2-5H,1H3,(H,14,15,16). The molecule has 2 heterocycles. The van der Waals surface area contributed by atoms with Gasteiger partial charge in [0.25, 0.3) is 5.91 Å². The lowest BCUT2D eigenvalue weighted by Crippen LogP contribution is -2.11. The zero-order valence-corrected chi connectivity index (χ0v) is 12.0. The molecule has 1 amide bonds. The summed E-state index contributed by atoms with van der Waals surface area (Å²) >= 11 is 10.4. The van der Waals surface area contributed by atoms with Gasteiger partial charge >= 0.3 is 0 Å². The normalized spacial score (nSPS) is 10.3. The van der Waals surface area contributed by atoms with E-state index in [1.807, 2.05) is 13.0 Å². The molecule has 88 valence electrons. The molecule has 0 bridgehead atoms.